The van der Waals surface area contributed by atoms with Gasteiger partial charge < -0.3 is 15.2 Å². The van der Waals surface area contributed by atoms with Gasteiger partial charge in [-0.1, -0.05) is 12.1 Å². The van der Waals surface area contributed by atoms with Gasteiger partial charge in [-0.05, 0) is 32.9 Å². The molecule has 0 spiro atoms. The highest BCUT2D eigenvalue weighted by molar-refractivity contribution is 5.73. The Balaban J connectivity index is 2.29. The van der Waals surface area contributed by atoms with E-state index < -0.39 is 17.7 Å². The van der Waals surface area contributed by atoms with E-state index in [2.05, 4.69) is 15.3 Å². The van der Waals surface area contributed by atoms with Crippen molar-refractivity contribution in [2.45, 2.75) is 39.0 Å². The average molecular weight is 354 g/mol. The fraction of sp³-hybridized carbons (Fsp3) is 0.333. The Morgan fingerprint density at radius 1 is 1.35 bits per heavy atom. The van der Waals surface area contributed by atoms with E-state index in [-0.39, 0.29) is 18.2 Å². The highest BCUT2D eigenvalue weighted by Gasteiger charge is 2.22. The monoisotopic (exact) mass is 354 g/mol. The van der Waals surface area contributed by atoms with Gasteiger partial charge in [0.2, 0.25) is 17.7 Å². The van der Waals surface area contributed by atoms with Crippen molar-refractivity contribution >= 4 is 11.9 Å². The number of rotatable bonds is 6. The van der Waals surface area contributed by atoms with Gasteiger partial charge in [-0.3, -0.25) is 10.5 Å². The van der Waals surface area contributed by atoms with Crippen LogP contribution in [-0.4, -0.2) is 32.8 Å². The van der Waals surface area contributed by atoms with Gasteiger partial charge in [-0.25, -0.2) is 4.98 Å². The van der Waals surface area contributed by atoms with Gasteiger partial charge in [0, 0.05) is 11.6 Å². The van der Waals surface area contributed by atoms with Gasteiger partial charge in [0.1, 0.15) is 6.23 Å². The van der Waals surface area contributed by atoms with E-state index in [1.165, 1.54) is 6.07 Å². The standard InChI is InChI=1S/C18H20N5O3/c1-18(2,3)26-16(9-14(20)24)23-17-21-13(8-15(25)22-17)12-6-4-11(10-19)5-7-12/h4-8,16,20H,9H2,1-3H3,(H2,21,22,23,25). The molecule has 1 aromatic carbocycles. The van der Waals surface area contributed by atoms with Crippen LogP contribution >= 0.6 is 0 Å². The predicted octanol–water partition coefficient (Wildman–Crippen LogP) is 2.47. The first-order chi connectivity index (χ1) is 12.2. The summed E-state index contributed by atoms with van der Waals surface area (Å²) >= 11 is 0. The topological polar surface area (TPSA) is 132 Å². The molecular formula is C18H20N5O3. The minimum absolute atomic E-state index is 0.0693. The molecule has 1 unspecified atom stereocenters. The maximum atomic E-state index is 11.2. The number of ether oxygens (including phenoxy) is 1. The number of hydrogen-bond donors (Lipinski definition) is 2. The largest absolute Gasteiger partial charge is 0.493 e. The predicted molar refractivity (Wildman–Crippen MR) is 94.8 cm³/mol. The number of aromatic hydroxyl groups is 1. The molecule has 1 heterocycles. The zero-order valence-electron chi connectivity index (χ0n) is 14.8. The van der Waals surface area contributed by atoms with Crippen LogP contribution in [0.2, 0.25) is 0 Å². The normalized spacial score (nSPS) is 12.2. The molecule has 8 nitrogen and oxygen atoms in total. The van der Waals surface area contributed by atoms with Crippen molar-refractivity contribution in [2.75, 3.05) is 5.32 Å². The lowest BCUT2D eigenvalue weighted by molar-refractivity contribution is -0.123. The fourth-order valence-electron chi connectivity index (χ4n) is 2.22. The lowest BCUT2D eigenvalue weighted by atomic mass is 10.1. The lowest BCUT2D eigenvalue weighted by Crippen LogP contribution is -2.35. The average Bonchev–Trinajstić information content (AvgIpc) is 2.52. The van der Waals surface area contributed by atoms with Crippen LogP contribution in [0.25, 0.3) is 11.3 Å². The minimum atomic E-state index is -0.810. The second-order valence-electron chi connectivity index (χ2n) is 6.61. The van der Waals surface area contributed by atoms with Crippen LogP contribution in [0.1, 0.15) is 32.8 Å². The zero-order valence-corrected chi connectivity index (χ0v) is 14.8. The van der Waals surface area contributed by atoms with Crippen LogP contribution in [0.3, 0.4) is 0 Å². The molecule has 0 saturated carbocycles. The Hall–Kier alpha value is -3.18. The summed E-state index contributed by atoms with van der Waals surface area (Å²) < 4.78 is 5.72. The van der Waals surface area contributed by atoms with Crippen molar-refractivity contribution in [1.82, 2.24) is 15.7 Å². The third kappa shape index (κ3) is 5.72. The van der Waals surface area contributed by atoms with Gasteiger partial charge in [0.25, 0.3) is 0 Å². The smallest absolute Gasteiger partial charge is 0.242 e. The van der Waals surface area contributed by atoms with Crippen molar-refractivity contribution in [3.05, 3.63) is 35.9 Å². The molecule has 8 heteroatoms. The lowest BCUT2D eigenvalue weighted by Gasteiger charge is -2.27. The van der Waals surface area contributed by atoms with E-state index in [1.54, 1.807) is 24.3 Å². The number of nitrogens with one attached hydrogen (secondary N) is 2. The van der Waals surface area contributed by atoms with E-state index in [1.807, 2.05) is 26.8 Å². The SMILES string of the molecule is CC(C)(C)OC(CC([NH])=O)Nc1nc(O)cc(-c2ccc(C#N)cc2)n1. The summed E-state index contributed by atoms with van der Waals surface area (Å²) in [4.78, 5) is 19.4. The quantitative estimate of drug-likeness (QED) is 0.761. The molecule has 2 rings (SSSR count). The number of nitriles is 1. The van der Waals surface area contributed by atoms with E-state index in [4.69, 9.17) is 15.7 Å². The number of benzene rings is 1. The Labute approximate surface area is 151 Å². The van der Waals surface area contributed by atoms with Crippen molar-refractivity contribution in [3.8, 4) is 23.2 Å². The Kier molecular flexibility index (Phi) is 5.75. The molecular weight excluding hydrogens is 334 g/mol. The third-order valence-corrected chi connectivity index (χ3v) is 3.18. The maximum Gasteiger partial charge on any atom is 0.242 e. The van der Waals surface area contributed by atoms with Crippen LogP contribution in [0.5, 0.6) is 5.88 Å². The molecule has 0 bridgehead atoms. The summed E-state index contributed by atoms with van der Waals surface area (Å²) in [5.74, 6) is -0.979. The van der Waals surface area contributed by atoms with Crippen molar-refractivity contribution < 1.29 is 14.6 Å². The third-order valence-electron chi connectivity index (χ3n) is 3.18. The summed E-state index contributed by atoms with van der Waals surface area (Å²) in [7, 11) is 0. The molecule has 1 aromatic heterocycles. The van der Waals surface area contributed by atoms with Crippen molar-refractivity contribution in [2.24, 2.45) is 0 Å². The van der Waals surface area contributed by atoms with Gasteiger partial charge in [0.15, 0.2) is 0 Å². The van der Waals surface area contributed by atoms with E-state index >= 15 is 0 Å². The van der Waals surface area contributed by atoms with Gasteiger partial charge in [0.05, 0.1) is 29.3 Å². The molecule has 3 N–H and O–H groups in total. The van der Waals surface area contributed by atoms with Crippen LogP contribution in [0.4, 0.5) is 5.95 Å². The summed E-state index contributed by atoms with van der Waals surface area (Å²) in [6, 6.07) is 10.1. The highest BCUT2D eigenvalue weighted by Crippen LogP contribution is 2.23. The van der Waals surface area contributed by atoms with Gasteiger partial charge in [-0.2, -0.15) is 10.2 Å². The van der Waals surface area contributed by atoms with Gasteiger partial charge >= 0.3 is 0 Å². The van der Waals surface area contributed by atoms with E-state index in [0.29, 0.717) is 16.8 Å². The Morgan fingerprint density at radius 3 is 2.54 bits per heavy atom. The summed E-state index contributed by atoms with van der Waals surface area (Å²) in [5, 5.41) is 21.6. The van der Waals surface area contributed by atoms with Crippen molar-refractivity contribution in [3.63, 3.8) is 0 Å². The molecule has 0 fully saturated rings. The number of hydrogen-bond acceptors (Lipinski definition) is 7. The van der Waals surface area contributed by atoms with Crippen LogP contribution < -0.4 is 11.1 Å². The fourth-order valence-corrected chi connectivity index (χ4v) is 2.22. The number of amides is 1. The summed E-state index contributed by atoms with van der Waals surface area (Å²) in [6.07, 6.45) is -1.00. The van der Waals surface area contributed by atoms with Crippen LogP contribution in [0, 0.1) is 11.3 Å². The number of carbonyl (C=O) groups is 1. The molecule has 1 amide bonds. The molecule has 2 aromatic rings. The number of aromatic nitrogens is 2. The van der Waals surface area contributed by atoms with Gasteiger partial charge in [-0.15, -0.1) is 0 Å². The molecule has 1 atom stereocenters. The Bertz CT molecular complexity index is 822. The first-order valence-corrected chi connectivity index (χ1v) is 7.93. The van der Waals surface area contributed by atoms with Crippen LogP contribution in [0.15, 0.2) is 30.3 Å². The zero-order chi connectivity index (χ0) is 19.3. The second kappa shape index (κ2) is 7.80. The summed E-state index contributed by atoms with van der Waals surface area (Å²) in [6.45, 7) is 5.46. The van der Waals surface area contributed by atoms with E-state index in [0.717, 1.165) is 0 Å². The number of carbonyl (C=O) groups excluding carboxylic acids is 1. The Morgan fingerprint density at radius 2 is 2.00 bits per heavy atom. The molecule has 0 aliphatic rings. The molecule has 26 heavy (non-hydrogen) atoms. The molecule has 1 radical (unpaired) electrons. The van der Waals surface area contributed by atoms with Crippen molar-refractivity contribution in [1.29, 1.82) is 5.26 Å². The first-order valence-electron chi connectivity index (χ1n) is 7.93. The van der Waals surface area contributed by atoms with E-state index in [9.17, 15) is 9.90 Å². The second-order valence-corrected chi connectivity index (χ2v) is 6.61. The number of nitrogens with zero attached hydrogens (tertiary/aromatic N) is 3. The molecule has 0 aliphatic heterocycles. The summed E-state index contributed by atoms with van der Waals surface area (Å²) in [5.41, 5.74) is 8.25. The highest BCUT2D eigenvalue weighted by atomic mass is 16.5. The number of anilines is 1. The molecule has 135 valence electrons. The molecule has 0 saturated heterocycles. The van der Waals surface area contributed by atoms with Crippen LogP contribution in [-0.2, 0) is 9.53 Å². The molecule has 0 aliphatic carbocycles. The minimum Gasteiger partial charge on any atom is -0.493 e. The maximum absolute atomic E-state index is 11.2. The first kappa shape index (κ1) is 19.1.